The van der Waals surface area contributed by atoms with E-state index < -0.39 is 12.1 Å². The van der Waals surface area contributed by atoms with Gasteiger partial charge in [0.2, 0.25) is 5.91 Å². The molecule has 1 amide bonds. The summed E-state index contributed by atoms with van der Waals surface area (Å²) in [5.41, 5.74) is 2.54. The number of aliphatic carboxylic acids is 1. The number of aliphatic hydroxyl groups is 1. The smallest absolute Gasteiger partial charge is 0.303 e. The molecule has 20 heavy (non-hydrogen) atoms. The van der Waals surface area contributed by atoms with Gasteiger partial charge in [-0.05, 0) is 29.5 Å². The molecular weight excluding hydrogens is 258 g/mol. The number of benzene rings is 1. The van der Waals surface area contributed by atoms with Gasteiger partial charge in [-0.2, -0.15) is 0 Å². The lowest BCUT2D eigenvalue weighted by molar-refractivity contribution is -0.138. The van der Waals surface area contributed by atoms with Crippen LogP contribution >= 0.6 is 0 Å². The van der Waals surface area contributed by atoms with Crippen molar-refractivity contribution < 1.29 is 19.8 Å². The van der Waals surface area contributed by atoms with Crippen molar-refractivity contribution in [2.24, 2.45) is 5.92 Å². The van der Waals surface area contributed by atoms with Gasteiger partial charge >= 0.3 is 5.97 Å². The molecule has 5 heteroatoms. The van der Waals surface area contributed by atoms with E-state index >= 15 is 0 Å². The largest absolute Gasteiger partial charge is 0.481 e. The van der Waals surface area contributed by atoms with Gasteiger partial charge in [-0.25, -0.2) is 0 Å². The third-order valence-electron chi connectivity index (χ3n) is 3.71. The summed E-state index contributed by atoms with van der Waals surface area (Å²) >= 11 is 0. The first-order chi connectivity index (χ1) is 9.38. The van der Waals surface area contributed by atoms with Crippen molar-refractivity contribution in [1.82, 2.24) is 0 Å². The van der Waals surface area contributed by atoms with Gasteiger partial charge < -0.3 is 15.1 Å². The topological polar surface area (TPSA) is 77.8 Å². The van der Waals surface area contributed by atoms with Crippen LogP contribution in [0.15, 0.2) is 18.2 Å². The van der Waals surface area contributed by atoms with E-state index in [1.165, 1.54) is 0 Å². The number of nitrogens with zero attached hydrogens (tertiary/aromatic N) is 1. The third-order valence-corrected chi connectivity index (χ3v) is 3.71. The molecule has 1 aromatic rings. The Balaban J connectivity index is 2.09. The molecule has 0 saturated carbocycles. The van der Waals surface area contributed by atoms with Crippen molar-refractivity contribution in [1.29, 1.82) is 0 Å². The zero-order valence-electron chi connectivity index (χ0n) is 11.7. The van der Waals surface area contributed by atoms with Crippen molar-refractivity contribution >= 4 is 17.6 Å². The Morgan fingerprint density at radius 2 is 2.15 bits per heavy atom. The molecule has 0 saturated heterocycles. The first kappa shape index (κ1) is 14.5. The van der Waals surface area contributed by atoms with Crippen LogP contribution in [-0.4, -0.2) is 29.1 Å². The van der Waals surface area contributed by atoms with E-state index in [0.29, 0.717) is 12.8 Å². The number of fused-ring (bicyclic) bond motifs is 1. The SMILES string of the molecule is CC(CC(=O)O)CC(O)c1ccc2c(c1)CC(=O)N2C. The number of carboxylic acid groups (broad SMARTS) is 1. The number of carboxylic acids is 1. The van der Waals surface area contributed by atoms with E-state index in [0.717, 1.165) is 16.8 Å². The number of amides is 1. The standard InChI is InChI=1S/C15H19NO4/c1-9(6-15(19)20)5-13(17)10-3-4-12-11(7-10)8-14(18)16(12)2/h3-4,7,9,13,17H,5-6,8H2,1-2H3,(H,19,20). The van der Waals surface area contributed by atoms with E-state index in [-0.39, 0.29) is 18.2 Å². The molecule has 1 heterocycles. The zero-order valence-corrected chi connectivity index (χ0v) is 11.7. The summed E-state index contributed by atoms with van der Waals surface area (Å²) in [6.07, 6.45) is 0.102. The summed E-state index contributed by atoms with van der Waals surface area (Å²) in [6.45, 7) is 1.81. The van der Waals surface area contributed by atoms with E-state index in [2.05, 4.69) is 0 Å². The van der Waals surface area contributed by atoms with Crippen LogP contribution in [0, 0.1) is 5.92 Å². The number of hydrogen-bond acceptors (Lipinski definition) is 3. The molecule has 0 radical (unpaired) electrons. The number of carbonyl (C=O) groups excluding carboxylic acids is 1. The van der Waals surface area contributed by atoms with Crippen LogP contribution in [0.3, 0.4) is 0 Å². The summed E-state index contributed by atoms with van der Waals surface area (Å²) in [5.74, 6) is -0.906. The fourth-order valence-electron chi connectivity index (χ4n) is 2.60. The highest BCUT2D eigenvalue weighted by atomic mass is 16.4. The molecule has 0 spiro atoms. The molecule has 0 fully saturated rings. The van der Waals surface area contributed by atoms with Crippen LogP contribution < -0.4 is 4.90 Å². The molecule has 108 valence electrons. The first-order valence-electron chi connectivity index (χ1n) is 6.67. The van der Waals surface area contributed by atoms with Crippen molar-refractivity contribution in [3.8, 4) is 0 Å². The van der Waals surface area contributed by atoms with Gasteiger partial charge in [0, 0.05) is 19.2 Å². The lowest BCUT2D eigenvalue weighted by Crippen LogP contribution is -2.20. The van der Waals surface area contributed by atoms with E-state index in [1.54, 1.807) is 18.0 Å². The first-order valence-corrected chi connectivity index (χ1v) is 6.67. The van der Waals surface area contributed by atoms with Crippen LogP contribution in [0.2, 0.25) is 0 Å². The molecule has 2 atom stereocenters. The van der Waals surface area contributed by atoms with Gasteiger partial charge in [-0.3, -0.25) is 9.59 Å². The van der Waals surface area contributed by atoms with Gasteiger partial charge in [0.15, 0.2) is 0 Å². The minimum atomic E-state index is -0.856. The zero-order chi connectivity index (χ0) is 14.9. The number of likely N-dealkylation sites (N-methyl/N-ethyl adjacent to an activating group) is 1. The Morgan fingerprint density at radius 1 is 1.45 bits per heavy atom. The van der Waals surface area contributed by atoms with Crippen molar-refractivity contribution in [2.75, 3.05) is 11.9 Å². The van der Waals surface area contributed by atoms with E-state index in [4.69, 9.17) is 5.11 Å². The summed E-state index contributed by atoms with van der Waals surface area (Å²) < 4.78 is 0. The van der Waals surface area contributed by atoms with Gasteiger partial charge in [-0.15, -0.1) is 0 Å². The number of aliphatic hydroxyl groups excluding tert-OH is 1. The van der Waals surface area contributed by atoms with E-state index in [9.17, 15) is 14.7 Å². The maximum absolute atomic E-state index is 11.6. The molecule has 2 rings (SSSR count). The predicted molar refractivity (Wildman–Crippen MR) is 74.5 cm³/mol. The lowest BCUT2D eigenvalue weighted by Gasteiger charge is -2.17. The highest BCUT2D eigenvalue weighted by molar-refractivity contribution is 6.00. The Labute approximate surface area is 117 Å². The Kier molecular flexibility index (Phi) is 4.09. The minimum absolute atomic E-state index is 0.0449. The Hall–Kier alpha value is -1.88. The van der Waals surface area contributed by atoms with Crippen LogP contribution in [-0.2, 0) is 16.0 Å². The van der Waals surface area contributed by atoms with Crippen molar-refractivity contribution in [3.63, 3.8) is 0 Å². The third kappa shape index (κ3) is 2.99. The van der Waals surface area contributed by atoms with Gasteiger partial charge in [0.05, 0.1) is 12.5 Å². The molecule has 2 N–H and O–H groups in total. The Morgan fingerprint density at radius 3 is 2.80 bits per heavy atom. The number of anilines is 1. The number of carbonyl (C=O) groups is 2. The molecule has 1 aromatic carbocycles. The number of hydrogen-bond donors (Lipinski definition) is 2. The lowest BCUT2D eigenvalue weighted by atomic mass is 9.94. The average Bonchev–Trinajstić information content (AvgIpc) is 2.63. The van der Waals surface area contributed by atoms with Gasteiger partial charge in [0.25, 0.3) is 0 Å². The fraction of sp³-hybridized carbons (Fsp3) is 0.467. The second-order valence-corrected chi connectivity index (χ2v) is 5.47. The van der Waals surface area contributed by atoms with Crippen molar-refractivity contribution in [3.05, 3.63) is 29.3 Å². The minimum Gasteiger partial charge on any atom is -0.481 e. The molecule has 0 bridgehead atoms. The molecular formula is C15H19NO4. The summed E-state index contributed by atoms with van der Waals surface area (Å²) in [7, 11) is 1.74. The second kappa shape index (κ2) is 5.63. The average molecular weight is 277 g/mol. The second-order valence-electron chi connectivity index (χ2n) is 5.47. The molecule has 0 aliphatic carbocycles. The highest BCUT2D eigenvalue weighted by Gasteiger charge is 2.25. The summed E-state index contributed by atoms with van der Waals surface area (Å²) in [5, 5.41) is 18.9. The van der Waals surface area contributed by atoms with Crippen LogP contribution in [0.5, 0.6) is 0 Å². The van der Waals surface area contributed by atoms with Crippen LogP contribution in [0.25, 0.3) is 0 Å². The van der Waals surface area contributed by atoms with E-state index in [1.807, 2.05) is 19.1 Å². The van der Waals surface area contributed by atoms with Crippen LogP contribution in [0.1, 0.15) is 37.0 Å². The summed E-state index contributed by atoms with van der Waals surface area (Å²) in [6, 6.07) is 5.47. The quantitative estimate of drug-likeness (QED) is 0.859. The summed E-state index contributed by atoms with van der Waals surface area (Å²) in [4.78, 5) is 23.8. The van der Waals surface area contributed by atoms with Crippen molar-refractivity contribution in [2.45, 2.75) is 32.3 Å². The van der Waals surface area contributed by atoms with Gasteiger partial charge in [-0.1, -0.05) is 19.1 Å². The number of rotatable bonds is 5. The molecule has 2 unspecified atom stereocenters. The van der Waals surface area contributed by atoms with Crippen LogP contribution in [0.4, 0.5) is 5.69 Å². The maximum Gasteiger partial charge on any atom is 0.303 e. The molecule has 5 nitrogen and oxygen atoms in total. The molecule has 0 aromatic heterocycles. The highest BCUT2D eigenvalue weighted by Crippen LogP contribution is 2.32. The maximum atomic E-state index is 11.6. The fourth-order valence-corrected chi connectivity index (χ4v) is 2.60. The Bertz CT molecular complexity index is 541. The molecule has 1 aliphatic rings. The van der Waals surface area contributed by atoms with Gasteiger partial charge in [0.1, 0.15) is 0 Å². The monoisotopic (exact) mass is 277 g/mol. The predicted octanol–water partition coefficient (Wildman–Crippen LogP) is 1.74. The normalized spacial score (nSPS) is 16.9. The molecule has 1 aliphatic heterocycles.